The monoisotopic (exact) mass is 353 g/mol. The molecule has 1 aliphatic heterocycles. The number of nitrogens with zero attached hydrogens (tertiary/aromatic N) is 1. The maximum absolute atomic E-state index is 12.0. The highest BCUT2D eigenvalue weighted by atomic mass is 32.2. The highest BCUT2D eigenvalue weighted by Gasteiger charge is 2.23. The van der Waals surface area contributed by atoms with E-state index in [4.69, 9.17) is 0 Å². The van der Waals surface area contributed by atoms with E-state index in [0.717, 1.165) is 45.2 Å². The lowest BCUT2D eigenvalue weighted by Gasteiger charge is -2.32. The largest absolute Gasteiger partial charge is 0.352 e. The minimum atomic E-state index is -3.37. The number of amides is 1. The van der Waals surface area contributed by atoms with Crippen LogP contribution in [0.4, 0.5) is 0 Å². The van der Waals surface area contributed by atoms with Crippen molar-refractivity contribution >= 4 is 15.9 Å². The molecule has 0 saturated carbocycles. The second-order valence-corrected chi connectivity index (χ2v) is 8.25. The molecule has 0 unspecified atom stereocenters. The number of nitrogens with one attached hydrogen (secondary N) is 2. The molecule has 1 aromatic carbocycles. The molecule has 1 aromatic rings. The Morgan fingerprint density at radius 3 is 2.46 bits per heavy atom. The Hall–Kier alpha value is -1.44. The molecular weight excluding hydrogens is 326 g/mol. The summed E-state index contributed by atoms with van der Waals surface area (Å²) in [4.78, 5) is 14.4. The Morgan fingerprint density at radius 1 is 1.25 bits per heavy atom. The maximum Gasteiger partial charge on any atom is 0.238 e. The number of rotatable bonds is 7. The molecule has 1 amide bonds. The number of sulfonamides is 1. The Kier molecular flexibility index (Phi) is 6.77. The van der Waals surface area contributed by atoms with Crippen LogP contribution in [-0.4, -0.2) is 57.2 Å². The molecule has 6 nitrogen and oxygen atoms in total. The van der Waals surface area contributed by atoms with E-state index >= 15 is 0 Å². The molecule has 0 bridgehead atoms. The van der Waals surface area contributed by atoms with Gasteiger partial charge in [-0.2, -0.15) is 0 Å². The van der Waals surface area contributed by atoms with E-state index in [9.17, 15) is 13.2 Å². The van der Waals surface area contributed by atoms with E-state index in [1.165, 1.54) is 5.56 Å². The molecule has 1 heterocycles. The van der Waals surface area contributed by atoms with Crippen LogP contribution < -0.4 is 10.0 Å². The van der Waals surface area contributed by atoms with Crippen molar-refractivity contribution in [3.05, 3.63) is 35.9 Å². The summed E-state index contributed by atoms with van der Waals surface area (Å²) in [6.07, 6.45) is 3.88. The number of benzene rings is 1. The molecule has 134 valence electrons. The second kappa shape index (κ2) is 8.60. The fourth-order valence-corrected chi connectivity index (χ4v) is 3.68. The molecule has 2 N–H and O–H groups in total. The van der Waals surface area contributed by atoms with Gasteiger partial charge in [0.15, 0.2) is 0 Å². The van der Waals surface area contributed by atoms with Crippen LogP contribution in [0.3, 0.4) is 0 Å². The van der Waals surface area contributed by atoms with Crippen molar-refractivity contribution in [2.75, 3.05) is 25.9 Å². The smallest absolute Gasteiger partial charge is 0.238 e. The SMILES string of the molecule is C[C@H](NS(C)(=O)=O)C(=O)NC1CCN(CCc2ccccc2)CC1. The molecule has 1 atom stereocenters. The van der Waals surface area contributed by atoms with Gasteiger partial charge in [0.2, 0.25) is 15.9 Å². The Labute approximate surface area is 144 Å². The fraction of sp³-hybridized carbons (Fsp3) is 0.588. The summed E-state index contributed by atoms with van der Waals surface area (Å²) >= 11 is 0. The number of carbonyl (C=O) groups excluding carboxylic acids is 1. The summed E-state index contributed by atoms with van der Waals surface area (Å²) in [5.41, 5.74) is 1.34. The summed E-state index contributed by atoms with van der Waals surface area (Å²) < 4.78 is 24.7. The minimum Gasteiger partial charge on any atom is -0.352 e. The number of carbonyl (C=O) groups is 1. The highest BCUT2D eigenvalue weighted by molar-refractivity contribution is 7.88. The predicted molar refractivity (Wildman–Crippen MR) is 95.2 cm³/mol. The molecule has 7 heteroatoms. The van der Waals surface area contributed by atoms with Gasteiger partial charge in [-0.25, -0.2) is 13.1 Å². The van der Waals surface area contributed by atoms with Gasteiger partial charge in [0.1, 0.15) is 0 Å². The van der Waals surface area contributed by atoms with Gasteiger partial charge < -0.3 is 10.2 Å². The molecule has 24 heavy (non-hydrogen) atoms. The molecule has 1 fully saturated rings. The van der Waals surface area contributed by atoms with Gasteiger partial charge in [-0.1, -0.05) is 30.3 Å². The zero-order valence-electron chi connectivity index (χ0n) is 14.4. The molecule has 1 aliphatic rings. The fourth-order valence-electron chi connectivity index (χ4n) is 2.93. The van der Waals surface area contributed by atoms with Crippen LogP contribution in [0.5, 0.6) is 0 Å². The average Bonchev–Trinajstić information content (AvgIpc) is 2.53. The minimum absolute atomic E-state index is 0.120. The van der Waals surface area contributed by atoms with Crippen LogP contribution in [-0.2, 0) is 21.2 Å². The topological polar surface area (TPSA) is 78.5 Å². The van der Waals surface area contributed by atoms with Gasteiger partial charge in [-0.05, 0) is 31.7 Å². The van der Waals surface area contributed by atoms with Gasteiger partial charge in [0.25, 0.3) is 0 Å². The standard InChI is InChI=1S/C17H27N3O3S/c1-14(19-24(2,22)23)17(21)18-16-9-12-20(13-10-16)11-8-15-6-4-3-5-7-15/h3-7,14,16,19H,8-13H2,1-2H3,(H,18,21)/t14-/m0/s1. The van der Waals surface area contributed by atoms with Gasteiger partial charge in [-0.15, -0.1) is 0 Å². The first-order chi connectivity index (χ1) is 11.3. The van der Waals surface area contributed by atoms with E-state index < -0.39 is 16.1 Å². The van der Waals surface area contributed by atoms with E-state index in [1.54, 1.807) is 6.92 Å². The van der Waals surface area contributed by atoms with E-state index in [2.05, 4.69) is 39.2 Å². The van der Waals surface area contributed by atoms with E-state index in [1.807, 2.05) is 6.07 Å². The number of hydrogen-bond acceptors (Lipinski definition) is 4. The Balaban J connectivity index is 1.69. The van der Waals surface area contributed by atoms with Gasteiger partial charge in [0, 0.05) is 25.7 Å². The Morgan fingerprint density at radius 2 is 1.88 bits per heavy atom. The summed E-state index contributed by atoms with van der Waals surface area (Å²) in [5.74, 6) is -0.261. The van der Waals surface area contributed by atoms with Gasteiger partial charge in [0.05, 0.1) is 12.3 Å². The third kappa shape index (κ3) is 6.59. The first-order valence-corrected chi connectivity index (χ1v) is 10.3. The van der Waals surface area contributed by atoms with Crippen LogP contribution >= 0.6 is 0 Å². The molecule has 2 rings (SSSR count). The van der Waals surface area contributed by atoms with Crippen LogP contribution in [0.2, 0.25) is 0 Å². The Bertz CT molecular complexity index is 626. The second-order valence-electron chi connectivity index (χ2n) is 6.47. The lowest BCUT2D eigenvalue weighted by atomic mass is 10.0. The molecule has 0 aliphatic carbocycles. The summed E-state index contributed by atoms with van der Waals surface area (Å²) in [7, 11) is -3.37. The lowest BCUT2D eigenvalue weighted by molar-refractivity contribution is -0.123. The van der Waals surface area contributed by atoms with Crippen molar-refractivity contribution < 1.29 is 13.2 Å². The van der Waals surface area contributed by atoms with Crippen molar-refractivity contribution in [1.29, 1.82) is 0 Å². The third-order valence-electron chi connectivity index (χ3n) is 4.28. The molecule has 0 radical (unpaired) electrons. The summed E-state index contributed by atoms with van der Waals surface area (Å²) in [6, 6.07) is 9.81. The number of piperidine rings is 1. The first-order valence-electron chi connectivity index (χ1n) is 8.37. The van der Waals surface area contributed by atoms with Crippen molar-refractivity contribution in [3.8, 4) is 0 Å². The average molecular weight is 353 g/mol. The molecule has 1 saturated heterocycles. The normalized spacial score (nSPS) is 18.2. The van der Waals surface area contributed by atoms with Crippen LogP contribution in [0.1, 0.15) is 25.3 Å². The molecule has 0 spiro atoms. The van der Waals surface area contributed by atoms with Crippen LogP contribution in [0, 0.1) is 0 Å². The predicted octanol–water partition coefficient (Wildman–Crippen LogP) is 0.747. The van der Waals surface area contributed by atoms with Gasteiger partial charge >= 0.3 is 0 Å². The summed E-state index contributed by atoms with van der Waals surface area (Å²) in [5, 5.41) is 2.94. The first kappa shape index (κ1) is 18.9. The number of likely N-dealkylation sites (tertiary alicyclic amines) is 1. The van der Waals surface area contributed by atoms with Crippen LogP contribution in [0.15, 0.2) is 30.3 Å². The zero-order chi connectivity index (χ0) is 17.6. The third-order valence-corrected chi connectivity index (χ3v) is 5.06. The molecular formula is C17H27N3O3S. The molecule has 0 aromatic heterocycles. The van der Waals surface area contributed by atoms with Crippen molar-refractivity contribution in [1.82, 2.24) is 14.9 Å². The van der Waals surface area contributed by atoms with Crippen molar-refractivity contribution in [2.45, 2.75) is 38.3 Å². The summed E-state index contributed by atoms with van der Waals surface area (Å²) in [6.45, 7) is 4.49. The lowest BCUT2D eigenvalue weighted by Crippen LogP contribution is -2.51. The van der Waals surface area contributed by atoms with Crippen molar-refractivity contribution in [2.24, 2.45) is 0 Å². The van der Waals surface area contributed by atoms with E-state index in [0.29, 0.717) is 0 Å². The maximum atomic E-state index is 12.0. The van der Waals surface area contributed by atoms with Crippen LogP contribution in [0.25, 0.3) is 0 Å². The number of hydrogen-bond donors (Lipinski definition) is 2. The van der Waals surface area contributed by atoms with E-state index in [-0.39, 0.29) is 11.9 Å². The highest BCUT2D eigenvalue weighted by Crippen LogP contribution is 2.12. The zero-order valence-corrected chi connectivity index (χ0v) is 15.2. The van der Waals surface area contributed by atoms with Crippen molar-refractivity contribution in [3.63, 3.8) is 0 Å². The quantitative estimate of drug-likeness (QED) is 0.758. The van der Waals surface area contributed by atoms with Gasteiger partial charge in [-0.3, -0.25) is 4.79 Å².